The van der Waals surface area contributed by atoms with Gasteiger partial charge in [0.1, 0.15) is 5.82 Å². The summed E-state index contributed by atoms with van der Waals surface area (Å²) in [5.41, 5.74) is 4.43. The van der Waals surface area contributed by atoms with Crippen molar-refractivity contribution < 1.29 is 9.59 Å². The summed E-state index contributed by atoms with van der Waals surface area (Å²) in [4.78, 5) is 30.0. The molecular weight excluding hydrogens is 354 g/mol. The largest absolute Gasteiger partial charge is 0.335 e. The maximum atomic E-state index is 12.5. The van der Waals surface area contributed by atoms with Crippen molar-refractivity contribution in [1.82, 2.24) is 19.7 Å². The molecule has 0 aliphatic carbocycles. The molecule has 2 amide bonds. The second kappa shape index (κ2) is 7.80. The monoisotopic (exact) mass is 377 g/mol. The highest BCUT2D eigenvalue weighted by molar-refractivity contribution is 5.94. The van der Waals surface area contributed by atoms with Crippen LogP contribution in [0, 0.1) is 0 Å². The molecule has 0 atom stereocenters. The number of anilines is 1. The van der Waals surface area contributed by atoms with Crippen LogP contribution in [0.5, 0.6) is 0 Å². The molecule has 0 fully saturated rings. The zero-order chi connectivity index (χ0) is 19.5. The Balaban J connectivity index is 1.35. The topological polar surface area (TPSA) is 80.1 Å². The second-order valence-corrected chi connectivity index (χ2v) is 7.25. The second-order valence-electron chi connectivity index (χ2n) is 7.25. The molecule has 2 aromatic rings. The first-order valence-electron chi connectivity index (χ1n) is 9.48. The van der Waals surface area contributed by atoms with Gasteiger partial charge in [-0.15, -0.1) is 0 Å². The molecule has 7 nitrogen and oxygen atoms in total. The number of pyridine rings is 1. The Hall–Kier alpha value is -3.22. The van der Waals surface area contributed by atoms with E-state index >= 15 is 0 Å². The van der Waals surface area contributed by atoms with Gasteiger partial charge in [0.25, 0.3) is 0 Å². The third-order valence-electron chi connectivity index (χ3n) is 5.09. The zero-order valence-corrected chi connectivity index (χ0v) is 15.9. The summed E-state index contributed by atoms with van der Waals surface area (Å²) in [6, 6.07) is 1.98. The summed E-state index contributed by atoms with van der Waals surface area (Å²) in [6.45, 7) is 1.36. The quantitative estimate of drug-likeness (QED) is 0.654. The van der Waals surface area contributed by atoms with E-state index in [0.717, 1.165) is 30.5 Å². The number of aryl methyl sites for hydroxylation is 2. The predicted octanol–water partition coefficient (Wildman–Crippen LogP) is 2.11. The van der Waals surface area contributed by atoms with E-state index in [-0.39, 0.29) is 11.8 Å². The van der Waals surface area contributed by atoms with Crippen LogP contribution in [0.15, 0.2) is 42.4 Å². The van der Waals surface area contributed by atoms with Gasteiger partial charge in [0.2, 0.25) is 11.8 Å². The Labute approximate surface area is 163 Å². The molecule has 144 valence electrons. The summed E-state index contributed by atoms with van der Waals surface area (Å²) in [5.74, 6) is 0.629. The number of amides is 2. The zero-order valence-electron chi connectivity index (χ0n) is 15.9. The average Bonchev–Trinajstić information content (AvgIpc) is 3.11. The first kappa shape index (κ1) is 18.2. The summed E-state index contributed by atoms with van der Waals surface area (Å²) >= 11 is 0. The van der Waals surface area contributed by atoms with E-state index in [2.05, 4.69) is 21.5 Å². The fraction of sp³-hybridized carbons (Fsp3) is 0.333. The van der Waals surface area contributed by atoms with Gasteiger partial charge in [0.05, 0.1) is 6.20 Å². The van der Waals surface area contributed by atoms with Gasteiger partial charge in [0, 0.05) is 45.0 Å². The average molecular weight is 377 g/mol. The number of nitrogens with one attached hydrogen (secondary N) is 1. The molecule has 4 heterocycles. The Bertz CT molecular complexity index is 973. The summed E-state index contributed by atoms with van der Waals surface area (Å²) in [6.07, 6.45) is 14.1. The molecule has 2 aliphatic heterocycles. The van der Waals surface area contributed by atoms with Gasteiger partial charge in [-0.2, -0.15) is 5.10 Å². The molecule has 0 spiro atoms. The van der Waals surface area contributed by atoms with Gasteiger partial charge in [0.15, 0.2) is 0 Å². The van der Waals surface area contributed by atoms with Gasteiger partial charge < -0.3 is 10.2 Å². The first-order chi connectivity index (χ1) is 13.6. The molecule has 28 heavy (non-hydrogen) atoms. The smallest absolute Gasteiger partial charge is 0.246 e. The predicted molar refractivity (Wildman–Crippen MR) is 106 cm³/mol. The van der Waals surface area contributed by atoms with Crippen LogP contribution >= 0.6 is 0 Å². The van der Waals surface area contributed by atoms with Crippen LogP contribution in [0.2, 0.25) is 0 Å². The molecule has 1 N–H and O–H groups in total. The van der Waals surface area contributed by atoms with E-state index in [9.17, 15) is 9.59 Å². The lowest BCUT2D eigenvalue weighted by molar-refractivity contribution is -0.125. The first-order valence-corrected chi connectivity index (χ1v) is 9.48. The highest BCUT2D eigenvalue weighted by Gasteiger charge is 2.17. The van der Waals surface area contributed by atoms with Crippen molar-refractivity contribution in [3.63, 3.8) is 0 Å². The number of nitrogens with zero attached hydrogens (tertiary/aromatic N) is 4. The molecule has 4 rings (SSSR count). The highest BCUT2D eigenvalue weighted by Crippen LogP contribution is 2.21. The van der Waals surface area contributed by atoms with Crippen LogP contribution in [0.4, 0.5) is 5.82 Å². The van der Waals surface area contributed by atoms with E-state index < -0.39 is 0 Å². The lowest BCUT2D eigenvalue weighted by Crippen LogP contribution is -2.33. The summed E-state index contributed by atoms with van der Waals surface area (Å²) < 4.78 is 1.81. The van der Waals surface area contributed by atoms with Crippen LogP contribution in [-0.4, -0.2) is 44.6 Å². The molecule has 0 saturated carbocycles. The maximum Gasteiger partial charge on any atom is 0.246 e. The SMILES string of the molecule is Cn1cc(CC2=CCN(C(=O)/C=C/c3cnc4c(c3)CCC(=O)N4)CC2)cn1. The lowest BCUT2D eigenvalue weighted by Gasteiger charge is -2.25. The molecule has 0 radical (unpaired) electrons. The minimum absolute atomic E-state index is 0.000445. The van der Waals surface area contributed by atoms with Crippen LogP contribution in [0.1, 0.15) is 29.5 Å². The van der Waals surface area contributed by atoms with Gasteiger partial charge in [-0.05, 0) is 48.1 Å². The van der Waals surface area contributed by atoms with Gasteiger partial charge in [-0.25, -0.2) is 4.98 Å². The fourth-order valence-corrected chi connectivity index (χ4v) is 3.54. The number of fused-ring (bicyclic) bond motifs is 1. The van der Waals surface area contributed by atoms with Crippen LogP contribution in [-0.2, 0) is 29.5 Å². The molecule has 0 bridgehead atoms. The minimum Gasteiger partial charge on any atom is -0.335 e. The van der Waals surface area contributed by atoms with E-state index in [0.29, 0.717) is 25.2 Å². The normalized spacial score (nSPS) is 16.7. The van der Waals surface area contributed by atoms with Gasteiger partial charge in [-0.3, -0.25) is 14.3 Å². The number of hydrogen-bond acceptors (Lipinski definition) is 4. The van der Waals surface area contributed by atoms with Crippen LogP contribution in [0.3, 0.4) is 0 Å². The molecule has 0 unspecified atom stereocenters. The minimum atomic E-state index is -0.000445. The summed E-state index contributed by atoms with van der Waals surface area (Å²) in [5, 5.41) is 6.96. The third-order valence-corrected chi connectivity index (χ3v) is 5.09. The molecular formula is C21H23N5O2. The Morgan fingerprint density at radius 1 is 1.29 bits per heavy atom. The number of hydrogen-bond donors (Lipinski definition) is 1. The van der Waals surface area contributed by atoms with E-state index in [1.54, 1.807) is 18.3 Å². The van der Waals surface area contributed by atoms with Gasteiger partial charge >= 0.3 is 0 Å². The molecule has 0 aromatic carbocycles. The fourth-order valence-electron chi connectivity index (χ4n) is 3.54. The number of carbonyl (C=O) groups excluding carboxylic acids is 2. The highest BCUT2D eigenvalue weighted by atomic mass is 16.2. The van der Waals surface area contributed by atoms with Gasteiger partial charge in [-0.1, -0.05) is 11.6 Å². The molecule has 2 aromatic heterocycles. The van der Waals surface area contributed by atoms with Crippen molar-refractivity contribution in [3.05, 3.63) is 59.1 Å². The third kappa shape index (κ3) is 4.19. The summed E-state index contributed by atoms with van der Waals surface area (Å²) in [7, 11) is 1.92. The molecule has 2 aliphatic rings. The van der Waals surface area contributed by atoms with Crippen molar-refractivity contribution in [2.24, 2.45) is 7.05 Å². The molecule has 7 heteroatoms. The maximum absolute atomic E-state index is 12.5. The van der Waals surface area contributed by atoms with E-state index in [1.807, 2.05) is 35.1 Å². The van der Waals surface area contributed by atoms with E-state index in [4.69, 9.17) is 0 Å². The Morgan fingerprint density at radius 3 is 2.93 bits per heavy atom. The standard InChI is InChI=1S/C21H23N5O2/c1-25-14-17(13-23-25)10-15-6-8-26(9-7-15)20(28)5-2-16-11-18-3-4-19(27)24-21(18)22-12-16/h2,5-6,11-14H,3-4,7-10H2,1H3,(H,22,24,27)/b5-2+. The van der Waals surface area contributed by atoms with Crippen LogP contribution in [0.25, 0.3) is 6.08 Å². The van der Waals surface area contributed by atoms with Crippen molar-refractivity contribution >= 4 is 23.7 Å². The number of carbonyl (C=O) groups is 2. The van der Waals surface area contributed by atoms with Crippen molar-refractivity contribution in [3.8, 4) is 0 Å². The van der Waals surface area contributed by atoms with Crippen LogP contribution < -0.4 is 5.32 Å². The van der Waals surface area contributed by atoms with E-state index in [1.165, 1.54) is 11.1 Å². The lowest BCUT2D eigenvalue weighted by atomic mass is 10.0. The number of rotatable bonds is 4. The van der Waals surface area contributed by atoms with Crippen molar-refractivity contribution in [2.75, 3.05) is 18.4 Å². The van der Waals surface area contributed by atoms with Crippen molar-refractivity contribution in [2.45, 2.75) is 25.7 Å². The number of aromatic nitrogens is 3. The van der Waals surface area contributed by atoms with Crippen molar-refractivity contribution in [1.29, 1.82) is 0 Å². The molecule has 0 saturated heterocycles. The Morgan fingerprint density at radius 2 is 2.18 bits per heavy atom. The Kier molecular flexibility index (Phi) is 5.06.